The number of carbonyl (C=O) groups is 1. The number of hydrogen-bond donors (Lipinski definition) is 2. The minimum absolute atomic E-state index is 0.0834. The third-order valence-corrected chi connectivity index (χ3v) is 5.84. The molecule has 3 rings (SSSR count). The molecule has 0 aliphatic carbocycles. The summed E-state index contributed by atoms with van der Waals surface area (Å²) in [6, 6.07) is 7.89. The van der Waals surface area contributed by atoms with E-state index in [1.165, 1.54) is 11.8 Å². The van der Waals surface area contributed by atoms with Gasteiger partial charge in [-0.15, -0.1) is 11.8 Å². The molecule has 27 heavy (non-hydrogen) atoms. The highest BCUT2D eigenvalue weighted by atomic mass is 32.2. The van der Waals surface area contributed by atoms with Crippen LogP contribution in [-0.4, -0.2) is 27.5 Å². The fraction of sp³-hybridized carbons (Fsp3) is 0.500. The van der Waals surface area contributed by atoms with Crippen LogP contribution in [0.5, 0.6) is 5.75 Å². The summed E-state index contributed by atoms with van der Waals surface area (Å²) in [7, 11) is 0. The largest absolute Gasteiger partial charge is 0.491 e. The first-order chi connectivity index (χ1) is 12.9. The van der Waals surface area contributed by atoms with Crippen LogP contribution in [0.25, 0.3) is 0 Å². The molecule has 146 valence electrons. The molecule has 1 aliphatic rings. The molecule has 7 heteroatoms. The van der Waals surface area contributed by atoms with Crippen LogP contribution < -0.4 is 15.6 Å². The Balaban J connectivity index is 2.01. The third-order valence-electron chi connectivity index (χ3n) is 4.57. The Bertz CT molecular complexity index is 854. The molecule has 2 unspecified atom stereocenters. The SMILES string of the molecule is CCCC(C)n1[nH]c(=O)c2c1NC(=O)CSC2c1ccc(OC(C)C)cc1. The Labute approximate surface area is 163 Å². The van der Waals surface area contributed by atoms with E-state index < -0.39 is 0 Å². The van der Waals surface area contributed by atoms with Crippen molar-refractivity contribution in [2.75, 3.05) is 11.1 Å². The first-order valence-corrected chi connectivity index (χ1v) is 10.5. The lowest BCUT2D eigenvalue weighted by molar-refractivity contribution is -0.113. The highest BCUT2D eigenvalue weighted by Gasteiger charge is 2.31. The van der Waals surface area contributed by atoms with Crippen LogP contribution in [0.1, 0.15) is 63.0 Å². The number of aromatic nitrogens is 2. The first kappa shape index (κ1) is 19.6. The van der Waals surface area contributed by atoms with Crippen molar-refractivity contribution in [1.82, 2.24) is 9.78 Å². The van der Waals surface area contributed by atoms with Crippen molar-refractivity contribution in [1.29, 1.82) is 0 Å². The van der Waals surface area contributed by atoms with E-state index in [1.807, 2.05) is 42.8 Å². The number of carbonyl (C=O) groups excluding carboxylic acids is 1. The summed E-state index contributed by atoms with van der Waals surface area (Å²) in [4.78, 5) is 25.0. The molecule has 0 radical (unpaired) electrons. The molecule has 0 saturated heterocycles. The number of anilines is 1. The normalized spacial score (nSPS) is 18.0. The van der Waals surface area contributed by atoms with Crippen LogP contribution in [0.2, 0.25) is 0 Å². The van der Waals surface area contributed by atoms with Gasteiger partial charge in [-0.1, -0.05) is 25.5 Å². The fourth-order valence-electron chi connectivity index (χ4n) is 3.38. The molecule has 0 saturated carbocycles. The topological polar surface area (TPSA) is 76.1 Å². The Morgan fingerprint density at radius 2 is 1.93 bits per heavy atom. The number of fused-ring (bicyclic) bond motifs is 1. The van der Waals surface area contributed by atoms with E-state index in [9.17, 15) is 9.59 Å². The van der Waals surface area contributed by atoms with Crippen LogP contribution in [0, 0.1) is 0 Å². The smallest absolute Gasteiger partial charge is 0.270 e. The van der Waals surface area contributed by atoms with Crippen molar-refractivity contribution >= 4 is 23.5 Å². The van der Waals surface area contributed by atoms with Gasteiger partial charge in [0.1, 0.15) is 11.6 Å². The molecule has 1 aromatic heterocycles. The number of hydrogen-bond acceptors (Lipinski definition) is 4. The average molecular weight is 390 g/mol. The molecule has 0 fully saturated rings. The predicted octanol–water partition coefficient (Wildman–Crippen LogP) is 4.10. The molecule has 0 bridgehead atoms. The van der Waals surface area contributed by atoms with Crippen molar-refractivity contribution in [3.05, 3.63) is 45.7 Å². The third kappa shape index (κ3) is 4.24. The summed E-state index contributed by atoms with van der Waals surface area (Å²) in [5.41, 5.74) is 1.46. The maximum atomic E-state index is 12.8. The minimum atomic E-state index is -0.203. The van der Waals surface area contributed by atoms with Gasteiger partial charge in [0.05, 0.1) is 22.7 Å². The highest BCUT2D eigenvalue weighted by molar-refractivity contribution is 8.00. The summed E-state index contributed by atoms with van der Waals surface area (Å²) >= 11 is 1.47. The van der Waals surface area contributed by atoms with E-state index in [-0.39, 0.29) is 28.9 Å². The van der Waals surface area contributed by atoms with Gasteiger partial charge >= 0.3 is 0 Å². The van der Waals surface area contributed by atoms with Crippen molar-refractivity contribution in [3.63, 3.8) is 0 Å². The number of aromatic amines is 1. The minimum Gasteiger partial charge on any atom is -0.491 e. The Morgan fingerprint density at radius 1 is 1.22 bits per heavy atom. The maximum Gasteiger partial charge on any atom is 0.270 e. The summed E-state index contributed by atoms with van der Waals surface area (Å²) in [6.45, 7) is 8.13. The van der Waals surface area contributed by atoms with Crippen LogP contribution in [0.4, 0.5) is 5.82 Å². The summed E-state index contributed by atoms with van der Waals surface area (Å²) in [5.74, 6) is 1.62. The van der Waals surface area contributed by atoms with Crippen LogP contribution in [0.15, 0.2) is 29.1 Å². The van der Waals surface area contributed by atoms with Crippen molar-refractivity contribution < 1.29 is 9.53 Å². The standard InChI is InChI=1S/C20H27N3O3S/c1-5-6-13(4)23-19-17(20(25)22-23)18(27-11-16(24)21-19)14-7-9-15(10-8-14)26-12(2)3/h7-10,12-13,18H,5-6,11H2,1-4H3,(H,21,24)(H,22,25). The Kier molecular flexibility index (Phi) is 5.99. The maximum absolute atomic E-state index is 12.8. The van der Waals surface area contributed by atoms with Gasteiger partial charge in [0.2, 0.25) is 5.91 Å². The second-order valence-corrected chi connectivity index (χ2v) is 8.28. The Morgan fingerprint density at radius 3 is 2.56 bits per heavy atom. The second-order valence-electron chi connectivity index (χ2n) is 7.19. The zero-order valence-electron chi connectivity index (χ0n) is 16.2. The average Bonchev–Trinajstić information content (AvgIpc) is 2.82. The monoisotopic (exact) mass is 389 g/mol. The molecular formula is C20H27N3O3S. The number of rotatable bonds is 6. The molecule has 2 N–H and O–H groups in total. The summed E-state index contributed by atoms with van der Waals surface area (Å²) in [6.07, 6.45) is 2.03. The lowest BCUT2D eigenvalue weighted by Gasteiger charge is -2.17. The number of thioether (sulfide) groups is 1. The molecule has 2 heterocycles. The van der Waals surface area contributed by atoms with Gasteiger partial charge < -0.3 is 10.1 Å². The van der Waals surface area contributed by atoms with Crippen LogP contribution in [0.3, 0.4) is 0 Å². The van der Waals surface area contributed by atoms with Gasteiger partial charge in [-0.3, -0.25) is 19.4 Å². The first-order valence-electron chi connectivity index (χ1n) is 9.43. The quantitative estimate of drug-likeness (QED) is 0.780. The van der Waals surface area contributed by atoms with Gasteiger partial charge in [0, 0.05) is 6.04 Å². The number of nitrogens with zero attached hydrogens (tertiary/aromatic N) is 1. The van der Waals surface area contributed by atoms with Crippen molar-refractivity contribution in [2.45, 2.75) is 57.9 Å². The number of amides is 1. The lowest BCUT2D eigenvalue weighted by atomic mass is 10.1. The molecular weight excluding hydrogens is 362 g/mol. The van der Waals surface area contributed by atoms with Gasteiger partial charge in [0.15, 0.2) is 0 Å². The van der Waals surface area contributed by atoms with E-state index in [2.05, 4.69) is 24.3 Å². The second kappa shape index (κ2) is 8.25. The Hall–Kier alpha value is -2.15. The van der Waals surface area contributed by atoms with E-state index in [0.29, 0.717) is 17.1 Å². The van der Waals surface area contributed by atoms with Gasteiger partial charge in [-0.25, -0.2) is 0 Å². The molecule has 1 aliphatic heterocycles. The lowest BCUT2D eigenvalue weighted by Crippen LogP contribution is -2.18. The van der Waals surface area contributed by atoms with Crippen molar-refractivity contribution in [2.24, 2.45) is 0 Å². The van der Waals surface area contributed by atoms with Gasteiger partial charge in [0.25, 0.3) is 5.56 Å². The summed E-state index contributed by atoms with van der Waals surface area (Å²) < 4.78 is 7.52. The van der Waals surface area contributed by atoms with Crippen molar-refractivity contribution in [3.8, 4) is 5.75 Å². The molecule has 1 amide bonds. The van der Waals surface area contributed by atoms with E-state index >= 15 is 0 Å². The fourth-order valence-corrected chi connectivity index (χ4v) is 4.50. The zero-order chi connectivity index (χ0) is 19.6. The van der Waals surface area contributed by atoms with Crippen LogP contribution >= 0.6 is 11.8 Å². The van der Waals surface area contributed by atoms with E-state index in [1.54, 1.807) is 0 Å². The molecule has 0 spiro atoms. The number of H-pyrrole nitrogens is 1. The number of ether oxygens (including phenoxy) is 1. The highest BCUT2D eigenvalue weighted by Crippen LogP contribution is 2.40. The van der Waals surface area contributed by atoms with E-state index in [4.69, 9.17) is 4.74 Å². The van der Waals surface area contributed by atoms with Gasteiger partial charge in [-0.2, -0.15) is 0 Å². The van der Waals surface area contributed by atoms with Gasteiger partial charge in [-0.05, 0) is 44.9 Å². The molecule has 6 nitrogen and oxygen atoms in total. The zero-order valence-corrected chi connectivity index (χ0v) is 17.1. The summed E-state index contributed by atoms with van der Waals surface area (Å²) in [5, 5.41) is 5.67. The van der Waals surface area contributed by atoms with E-state index in [0.717, 1.165) is 24.2 Å². The number of benzene rings is 1. The predicted molar refractivity (Wildman–Crippen MR) is 110 cm³/mol. The van der Waals surface area contributed by atoms with Crippen LogP contribution in [-0.2, 0) is 4.79 Å². The molecule has 2 atom stereocenters. The number of nitrogens with one attached hydrogen (secondary N) is 2. The molecule has 2 aromatic rings. The molecule has 1 aromatic carbocycles.